The first-order chi connectivity index (χ1) is 4.79. The van der Waals surface area contributed by atoms with E-state index in [9.17, 15) is 0 Å². The Labute approximate surface area is 72.2 Å². The Morgan fingerprint density at radius 2 is 1.82 bits per heavy atom. The molecule has 0 bridgehead atoms. The summed E-state index contributed by atoms with van der Waals surface area (Å²) < 4.78 is 5.29. The number of aromatic nitrogens is 2. The van der Waals surface area contributed by atoms with Crippen LogP contribution in [0.15, 0.2) is 18.7 Å². The first-order valence-electron chi connectivity index (χ1n) is 3.20. The number of nitrogens with zero attached hydrogens (tertiary/aromatic N) is 2. The van der Waals surface area contributed by atoms with Crippen molar-refractivity contribution in [2.45, 2.75) is 20.0 Å². The van der Waals surface area contributed by atoms with Gasteiger partial charge in [0.15, 0.2) is 5.75 Å². The fourth-order valence-corrected chi connectivity index (χ4v) is 0.618. The van der Waals surface area contributed by atoms with Crippen LogP contribution >= 0.6 is 12.4 Å². The van der Waals surface area contributed by atoms with Gasteiger partial charge in [-0.3, -0.25) is 0 Å². The molecule has 0 N–H and O–H groups in total. The van der Waals surface area contributed by atoms with E-state index in [1.165, 1.54) is 6.33 Å². The van der Waals surface area contributed by atoms with E-state index in [0.29, 0.717) is 0 Å². The molecule has 0 spiro atoms. The molecule has 62 valence electrons. The van der Waals surface area contributed by atoms with Crippen LogP contribution in [0.5, 0.6) is 5.75 Å². The van der Waals surface area contributed by atoms with Gasteiger partial charge in [0.05, 0.1) is 18.5 Å². The van der Waals surface area contributed by atoms with Crippen molar-refractivity contribution < 1.29 is 4.74 Å². The van der Waals surface area contributed by atoms with Crippen LogP contribution in [-0.4, -0.2) is 16.1 Å². The summed E-state index contributed by atoms with van der Waals surface area (Å²) in [6, 6.07) is 0. The quantitative estimate of drug-likeness (QED) is 0.685. The minimum atomic E-state index is 0. The molecule has 0 saturated carbocycles. The van der Waals surface area contributed by atoms with Crippen molar-refractivity contribution in [1.82, 2.24) is 9.97 Å². The predicted octanol–water partition coefficient (Wildman–Crippen LogP) is 1.69. The van der Waals surface area contributed by atoms with Gasteiger partial charge in [0, 0.05) is 0 Å². The van der Waals surface area contributed by atoms with Crippen molar-refractivity contribution in [2.75, 3.05) is 0 Å². The Morgan fingerprint density at radius 1 is 1.27 bits per heavy atom. The van der Waals surface area contributed by atoms with Crippen LogP contribution in [0.4, 0.5) is 0 Å². The van der Waals surface area contributed by atoms with Gasteiger partial charge < -0.3 is 4.74 Å². The van der Waals surface area contributed by atoms with Gasteiger partial charge in [0.25, 0.3) is 0 Å². The van der Waals surface area contributed by atoms with Gasteiger partial charge in [0.1, 0.15) is 6.33 Å². The fraction of sp³-hybridized carbons (Fsp3) is 0.429. The standard InChI is InChI=1S/C7H10N2O.ClH/c1-6(2)10-7-3-8-5-9-4-7;/h3-6H,1-2H3;1H. The second-order valence-corrected chi connectivity index (χ2v) is 2.24. The molecule has 0 aliphatic carbocycles. The highest BCUT2D eigenvalue weighted by molar-refractivity contribution is 5.85. The summed E-state index contributed by atoms with van der Waals surface area (Å²) in [5.74, 6) is 0.720. The van der Waals surface area contributed by atoms with E-state index in [0.717, 1.165) is 5.75 Å². The highest BCUT2D eigenvalue weighted by Crippen LogP contribution is 2.05. The van der Waals surface area contributed by atoms with E-state index in [1.807, 2.05) is 13.8 Å². The normalized spacial score (nSPS) is 9.00. The third-order valence-corrected chi connectivity index (χ3v) is 0.909. The Bertz CT molecular complexity index is 191. The Morgan fingerprint density at radius 3 is 2.27 bits per heavy atom. The number of ether oxygens (including phenoxy) is 1. The van der Waals surface area contributed by atoms with Crippen molar-refractivity contribution >= 4 is 12.4 Å². The maximum Gasteiger partial charge on any atom is 0.156 e. The van der Waals surface area contributed by atoms with Gasteiger partial charge in [-0.2, -0.15) is 0 Å². The molecule has 1 heterocycles. The lowest BCUT2D eigenvalue weighted by molar-refractivity contribution is 0.240. The van der Waals surface area contributed by atoms with Gasteiger partial charge in [-0.05, 0) is 13.8 Å². The van der Waals surface area contributed by atoms with Crippen molar-refractivity contribution in [2.24, 2.45) is 0 Å². The van der Waals surface area contributed by atoms with Crippen LogP contribution in [0.25, 0.3) is 0 Å². The molecule has 0 fully saturated rings. The summed E-state index contributed by atoms with van der Waals surface area (Å²) in [4.78, 5) is 7.60. The van der Waals surface area contributed by atoms with E-state index in [2.05, 4.69) is 9.97 Å². The van der Waals surface area contributed by atoms with Crippen LogP contribution in [0, 0.1) is 0 Å². The minimum absolute atomic E-state index is 0. The van der Waals surface area contributed by atoms with Gasteiger partial charge in [-0.15, -0.1) is 12.4 Å². The van der Waals surface area contributed by atoms with E-state index < -0.39 is 0 Å². The maximum absolute atomic E-state index is 5.29. The second-order valence-electron chi connectivity index (χ2n) is 2.24. The smallest absolute Gasteiger partial charge is 0.156 e. The highest BCUT2D eigenvalue weighted by Gasteiger charge is 1.94. The molecule has 0 aromatic carbocycles. The Kier molecular flexibility index (Phi) is 4.54. The van der Waals surface area contributed by atoms with Crippen LogP contribution in [0.1, 0.15) is 13.8 Å². The molecule has 1 aromatic heterocycles. The molecule has 3 nitrogen and oxygen atoms in total. The summed E-state index contributed by atoms with van der Waals surface area (Å²) in [6.45, 7) is 3.93. The molecule has 0 aliphatic heterocycles. The zero-order chi connectivity index (χ0) is 7.40. The average Bonchev–Trinajstić information content (AvgIpc) is 1.88. The lowest BCUT2D eigenvalue weighted by Crippen LogP contribution is -2.05. The van der Waals surface area contributed by atoms with Crippen LogP contribution in [0.3, 0.4) is 0 Å². The third-order valence-electron chi connectivity index (χ3n) is 0.909. The summed E-state index contributed by atoms with van der Waals surface area (Å²) >= 11 is 0. The topological polar surface area (TPSA) is 35.0 Å². The van der Waals surface area contributed by atoms with E-state index in [4.69, 9.17) is 4.74 Å². The number of hydrogen-bond donors (Lipinski definition) is 0. The second kappa shape index (κ2) is 4.91. The molecule has 0 unspecified atom stereocenters. The van der Waals surface area contributed by atoms with Gasteiger partial charge in [-0.25, -0.2) is 9.97 Å². The van der Waals surface area contributed by atoms with Crippen molar-refractivity contribution in [3.05, 3.63) is 18.7 Å². The van der Waals surface area contributed by atoms with E-state index >= 15 is 0 Å². The first kappa shape index (κ1) is 10.2. The van der Waals surface area contributed by atoms with E-state index in [1.54, 1.807) is 12.4 Å². The van der Waals surface area contributed by atoms with Crippen molar-refractivity contribution in [3.63, 3.8) is 0 Å². The predicted molar refractivity (Wildman–Crippen MR) is 45.0 cm³/mol. The summed E-state index contributed by atoms with van der Waals surface area (Å²) in [7, 11) is 0. The fourth-order valence-electron chi connectivity index (χ4n) is 0.618. The molecular weight excluding hydrogens is 164 g/mol. The highest BCUT2D eigenvalue weighted by atomic mass is 35.5. The SMILES string of the molecule is CC(C)Oc1cncnc1.Cl. The molecular formula is C7H11ClN2O. The molecule has 1 aromatic rings. The zero-order valence-corrected chi connectivity index (χ0v) is 7.34. The van der Waals surface area contributed by atoms with Gasteiger partial charge in [-0.1, -0.05) is 0 Å². The first-order valence-corrected chi connectivity index (χ1v) is 3.20. The molecule has 0 radical (unpaired) electrons. The van der Waals surface area contributed by atoms with E-state index in [-0.39, 0.29) is 18.5 Å². The van der Waals surface area contributed by atoms with Crippen molar-refractivity contribution in [3.8, 4) is 5.75 Å². The molecule has 4 heteroatoms. The van der Waals surface area contributed by atoms with Crippen LogP contribution < -0.4 is 4.74 Å². The number of halogens is 1. The number of hydrogen-bond acceptors (Lipinski definition) is 3. The van der Waals surface area contributed by atoms with Gasteiger partial charge in [0.2, 0.25) is 0 Å². The summed E-state index contributed by atoms with van der Waals surface area (Å²) in [6.07, 6.45) is 4.96. The molecule has 0 aliphatic rings. The summed E-state index contributed by atoms with van der Waals surface area (Å²) in [5, 5.41) is 0. The zero-order valence-electron chi connectivity index (χ0n) is 6.52. The van der Waals surface area contributed by atoms with Gasteiger partial charge >= 0.3 is 0 Å². The molecule has 1 rings (SSSR count). The maximum atomic E-state index is 5.29. The van der Waals surface area contributed by atoms with Crippen LogP contribution in [-0.2, 0) is 0 Å². The average molecular weight is 175 g/mol. The lowest BCUT2D eigenvalue weighted by Gasteiger charge is -2.06. The number of rotatable bonds is 2. The minimum Gasteiger partial charge on any atom is -0.488 e. The molecule has 0 atom stereocenters. The largest absolute Gasteiger partial charge is 0.488 e. The molecule has 11 heavy (non-hydrogen) atoms. The van der Waals surface area contributed by atoms with Crippen LogP contribution in [0.2, 0.25) is 0 Å². The van der Waals surface area contributed by atoms with Crippen molar-refractivity contribution in [1.29, 1.82) is 0 Å². The lowest BCUT2D eigenvalue weighted by atomic mass is 10.5. The molecule has 0 saturated heterocycles. The molecule has 0 amide bonds. The third kappa shape index (κ3) is 3.78. The Hall–Kier alpha value is -0.830. The Balaban J connectivity index is 0.000001000. The summed E-state index contributed by atoms with van der Waals surface area (Å²) in [5.41, 5.74) is 0. The monoisotopic (exact) mass is 174 g/mol.